The molecule has 0 bridgehead atoms. The van der Waals surface area contributed by atoms with E-state index in [1.807, 2.05) is 37.3 Å². The molecule has 0 unspecified atom stereocenters. The zero-order valence-electron chi connectivity index (χ0n) is 20.9. The second kappa shape index (κ2) is 9.24. The first kappa shape index (κ1) is 23.8. The number of aryl methyl sites for hydroxylation is 1. The molecule has 0 atom stereocenters. The highest BCUT2D eigenvalue weighted by Crippen LogP contribution is 2.36. The van der Waals surface area contributed by atoms with E-state index < -0.39 is 0 Å². The molecule has 0 saturated heterocycles. The number of aromatic nitrogens is 3. The normalized spacial score (nSPS) is 11.0. The van der Waals surface area contributed by atoms with E-state index in [2.05, 4.69) is 4.85 Å². The fraction of sp³-hybridized carbons (Fsp3) is 0.179. The van der Waals surface area contributed by atoms with Gasteiger partial charge in [0.25, 0.3) is 5.56 Å². The highest BCUT2D eigenvalue weighted by atomic mass is 16.5. The second-order valence-corrected chi connectivity index (χ2v) is 8.57. The number of pyridine rings is 1. The average Bonchev–Trinajstić information content (AvgIpc) is 3.27. The molecule has 9 heteroatoms. The zero-order valence-corrected chi connectivity index (χ0v) is 20.9. The third kappa shape index (κ3) is 3.89. The van der Waals surface area contributed by atoms with Crippen molar-refractivity contribution in [1.82, 2.24) is 14.3 Å². The van der Waals surface area contributed by atoms with Gasteiger partial charge in [-0.1, -0.05) is 24.3 Å². The van der Waals surface area contributed by atoms with Crippen molar-refractivity contribution in [2.75, 3.05) is 27.1 Å². The number of methoxy groups -OCH3 is 3. The number of anilines is 1. The van der Waals surface area contributed by atoms with E-state index in [4.69, 9.17) is 31.6 Å². The quantitative estimate of drug-likeness (QED) is 0.338. The molecule has 0 aliphatic rings. The average molecular weight is 496 g/mol. The lowest BCUT2D eigenvalue weighted by molar-refractivity contribution is 0.355. The Morgan fingerprint density at radius 3 is 2.32 bits per heavy atom. The molecule has 0 amide bonds. The summed E-state index contributed by atoms with van der Waals surface area (Å²) in [5.74, 6) is 1.92. The van der Waals surface area contributed by atoms with Gasteiger partial charge in [0.1, 0.15) is 22.5 Å². The highest BCUT2D eigenvalue weighted by molar-refractivity contribution is 6.08. The van der Waals surface area contributed by atoms with Crippen LogP contribution in [-0.2, 0) is 6.54 Å². The fourth-order valence-corrected chi connectivity index (χ4v) is 4.51. The van der Waals surface area contributed by atoms with Gasteiger partial charge in [-0.25, -0.2) is 9.53 Å². The van der Waals surface area contributed by atoms with Crippen molar-refractivity contribution in [2.24, 2.45) is 0 Å². The van der Waals surface area contributed by atoms with E-state index in [-0.39, 0.29) is 11.4 Å². The molecule has 5 rings (SSSR count). The minimum absolute atomic E-state index is 0.199. The van der Waals surface area contributed by atoms with Gasteiger partial charge in [-0.3, -0.25) is 4.79 Å². The summed E-state index contributed by atoms with van der Waals surface area (Å²) in [6, 6.07) is 16.4. The summed E-state index contributed by atoms with van der Waals surface area (Å²) in [6.07, 6.45) is 0. The molecule has 0 fully saturated rings. The summed E-state index contributed by atoms with van der Waals surface area (Å²) in [4.78, 5) is 17.5. The minimum atomic E-state index is -0.284. The molecule has 0 spiro atoms. The first-order chi connectivity index (χ1) is 17.9. The van der Waals surface area contributed by atoms with Gasteiger partial charge in [0, 0.05) is 11.5 Å². The Labute approximate surface area is 213 Å². The molecule has 5 aromatic rings. The maximum absolute atomic E-state index is 14.0. The zero-order chi connectivity index (χ0) is 26.3. The van der Waals surface area contributed by atoms with Crippen molar-refractivity contribution >= 4 is 33.3 Å². The van der Waals surface area contributed by atoms with E-state index in [0.29, 0.717) is 51.2 Å². The molecule has 37 heavy (non-hydrogen) atoms. The van der Waals surface area contributed by atoms with E-state index in [9.17, 15) is 4.79 Å². The van der Waals surface area contributed by atoms with Crippen molar-refractivity contribution in [1.29, 1.82) is 0 Å². The maximum Gasteiger partial charge on any atom is 0.264 e. The van der Waals surface area contributed by atoms with Gasteiger partial charge >= 0.3 is 0 Å². The Balaban J connectivity index is 1.85. The lowest BCUT2D eigenvalue weighted by Crippen LogP contribution is -2.22. The molecule has 0 aliphatic heterocycles. The van der Waals surface area contributed by atoms with Crippen molar-refractivity contribution in [3.63, 3.8) is 0 Å². The maximum atomic E-state index is 14.0. The number of nitrogens with zero attached hydrogens (tertiary/aromatic N) is 4. The first-order valence-electron chi connectivity index (χ1n) is 11.5. The van der Waals surface area contributed by atoms with Gasteiger partial charge in [0.2, 0.25) is 0 Å². The number of benzene rings is 3. The molecule has 3 aromatic carbocycles. The van der Waals surface area contributed by atoms with E-state index in [1.165, 1.54) is 4.68 Å². The summed E-state index contributed by atoms with van der Waals surface area (Å²) < 4.78 is 19.5. The first-order valence-corrected chi connectivity index (χ1v) is 11.5. The summed E-state index contributed by atoms with van der Waals surface area (Å²) in [6.45, 7) is 9.60. The van der Waals surface area contributed by atoms with Crippen molar-refractivity contribution < 1.29 is 14.2 Å². The van der Waals surface area contributed by atoms with Gasteiger partial charge in [-0.2, -0.15) is 5.10 Å². The van der Waals surface area contributed by atoms with E-state index in [0.717, 1.165) is 16.9 Å². The van der Waals surface area contributed by atoms with E-state index in [1.54, 1.807) is 50.2 Å². The standard InChI is InChI=1S/C28H25N5O4/c1-16-6-9-18(30-2)12-21(16)33-27(29)25-26(31-33)20-13-23(36-4)24(37-5)14-22(20)32(28(25)34)15-17-7-10-19(35-3)11-8-17/h6-14H,15,29H2,1,3-5H3. The van der Waals surface area contributed by atoms with Gasteiger partial charge < -0.3 is 24.5 Å². The SMILES string of the molecule is [C-]#[N+]c1ccc(C)c(-n2nc3c(c2N)c(=O)n(Cc2ccc(OC)cc2)c2cc(OC)c(OC)cc32)c1. The van der Waals surface area contributed by atoms with Crippen LogP contribution in [0.25, 0.3) is 32.3 Å². The van der Waals surface area contributed by atoms with Gasteiger partial charge in [0.15, 0.2) is 17.2 Å². The Bertz CT molecular complexity index is 1760. The lowest BCUT2D eigenvalue weighted by atomic mass is 10.1. The Hall–Kier alpha value is -4.97. The minimum Gasteiger partial charge on any atom is -0.497 e. The van der Waals surface area contributed by atoms with Crippen molar-refractivity contribution in [3.05, 3.63) is 87.5 Å². The molecular weight excluding hydrogens is 470 g/mol. The van der Waals surface area contributed by atoms with Crippen LogP contribution in [0, 0.1) is 13.5 Å². The van der Waals surface area contributed by atoms with Crippen LogP contribution in [-0.4, -0.2) is 35.7 Å². The summed E-state index contributed by atoms with van der Waals surface area (Å²) in [7, 11) is 4.71. The molecule has 2 heterocycles. The molecule has 9 nitrogen and oxygen atoms in total. The van der Waals surface area contributed by atoms with Crippen LogP contribution in [0.3, 0.4) is 0 Å². The predicted molar refractivity (Wildman–Crippen MR) is 143 cm³/mol. The Morgan fingerprint density at radius 2 is 1.68 bits per heavy atom. The number of nitrogen functional groups attached to an aromatic ring is 1. The van der Waals surface area contributed by atoms with Crippen LogP contribution in [0.4, 0.5) is 11.5 Å². The number of hydrogen-bond donors (Lipinski definition) is 1. The van der Waals surface area contributed by atoms with Crippen LogP contribution in [0.1, 0.15) is 11.1 Å². The largest absolute Gasteiger partial charge is 0.497 e. The molecule has 0 aliphatic carbocycles. The molecule has 186 valence electrons. The van der Waals surface area contributed by atoms with Gasteiger partial charge in [-0.05, 0) is 42.3 Å². The summed E-state index contributed by atoms with van der Waals surface area (Å²) in [5, 5.41) is 5.75. The van der Waals surface area contributed by atoms with E-state index >= 15 is 0 Å². The molecule has 2 aromatic heterocycles. The Kier molecular flexibility index (Phi) is 5.93. The number of ether oxygens (including phenoxy) is 3. The molecular formula is C28H25N5O4. The summed E-state index contributed by atoms with van der Waals surface area (Å²) >= 11 is 0. The number of nitrogens with two attached hydrogens (primary N) is 1. The van der Waals surface area contributed by atoms with Crippen LogP contribution in [0.15, 0.2) is 59.4 Å². The third-order valence-corrected chi connectivity index (χ3v) is 6.48. The van der Waals surface area contributed by atoms with Crippen LogP contribution in [0.2, 0.25) is 0 Å². The van der Waals surface area contributed by atoms with Crippen LogP contribution in [0.5, 0.6) is 17.2 Å². The number of rotatable bonds is 6. The van der Waals surface area contributed by atoms with Crippen molar-refractivity contribution in [2.45, 2.75) is 13.5 Å². The van der Waals surface area contributed by atoms with Crippen LogP contribution < -0.4 is 25.5 Å². The van der Waals surface area contributed by atoms with Gasteiger partial charge in [-0.15, -0.1) is 0 Å². The highest BCUT2D eigenvalue weighted by Gasteiger charge is 2.22. The second-order valence-electron chi connectivity index (χ2n) is 8.57. The number of fused-ring (bicyclic) bond motifs is 3. The topological polar surface area (TPSA) is 97.9 Å². The number of hydrogen-bond acceptors (Lipinski definition) is 6. The smallest absolute Gasteiger partial charge is 0.264 e. The predicted octanol–water partition coefficient (Wildman–Crippen LogP) is 4.86. The fourth-order valence-electron chi connectivity index (χ4n) is 4.51. The third-order valence-electron chi connectivity index (χ3n) is 6.48. The molecule has 2 N–H and O–H groups in total. The van der Waals surface area contributed by atoms with Gasteiger partial charge in [0.05, 0.1) is 45.7 Å². The molecule has 0 saturated carbocycles. The monoisotopic (exact) mass is 495 g/mol. The lowest BCUT2D eigenvalue weighted by Gasteiger charge is -2.15. The summed E-state index contributed by atoms with van der Waals surface area (Å²) in [5.41, 5.74) is 10.2. The van der Waals surface area contributed by atoms with Crippen molar-refractivity contribution in [3.8, 4) is 22.9 Å². The van der Waals surface area contributed by atoms with Crippen LogP contribution >= 0.6 is 0 Å². The Morgan fingerprint density at radius 1 is 0.973 bits per heavy atom. The molecule has 0 radical (unpaired) electrons.